The number of hydrogen-bond donors (Lipinski definition) is 1. The Morgan fingerprint density at radius 1 is 0.558 bits per heavy atom. The lowest BCUT2D eigenvalue weighted by molar-refractivity contribution is 0.0178. The Hall–Kier alpha value is -9.64. The second-order valence-electron chi connectivity index (χ2n) is 21.7. The molecule has 26 heteroatoms. The largest absolute Gasteiger partial charge is 0.490 e. The quantitative estimate of drug-likeness (QED) is 0.0125. The first-order valence-corrected chi connectivity index (χ1v) is 31.1. The van der Waals surface area contributed by atoms with Crippen LogP contribution in [0.25, 0.3) is 54.4 Å². The van der Waals surface area contributed by atoms with Crippen molar-refractivity contribution in [1.82, 2.24) is 19.9 Å². The molecule has 2 aliphatic carbocycles. The molecule has 9 aromatic rings. The predicted molar refractivity (Wildman–Crippen MR) is 338 cm³/mol. The SMILES string of the molecule is COCCOCCOCCOc1ccc(C2(c3ccc(OCCOCCOCCOC)c(C(=O)O)c3)Oc3cc(C)sc3-c3sc(-c4c5ncc(C=C6C(=O)c7cc(F)c(F)cc7C6=O)nc5c(C)c5ncc(C=C6C(=O)c7cc(F)c(F)cc7C6=O)nc45)cc32)cc1C=O. The second kappa shape index (κ2) is 27.7. The van der Waals surface area contributed by atoms with Crippen molar-refractivity contribution in [3.8, 4) is 37.4 Å². The first kappa shape index (κ1) is 65.4. The Bertz CT molecular complexity index is 4630. The van der Waals surface area contributed by atoms with Gasteiger partial charge in [0.1, 0.15) is 41.5 Å². The molecule has 0 saturated carbocycles. The van der Waals surface area contributed by atoms with Crippen LogP contribution in [0.3, 0.4) is 0 Å². The third-order valence-corrected chi connectivity index (χ3v) is 18.2. The van der Waals surface area contributed by atoms with Crippen LogP contribution in [0.4, 0.5) is 17.6 Å². The number of halogens is 4. The fourth-order valence-electron chi connectivity index (χ4n) is 11.4. The molecule has 0 bridgehead atoms. The van der Waals surface area contributed by atoms with Crippen LogP contribution in [0.2, 0.25) is 0 Å². The van der Waals surface area contributed by atoms with E-state index in [-0.39, 0.29) is 129 Å². The van der Waals surface area contributed by atoms with E-state index in [1.54, 1.807) is 51.5 Å². The fourth-order valence-corrected chi connectivity index (χ4v) is 13.7. The molecule has 0 saturated heterocycles. The average Bonchev–Trinajstić information content (AvgIpc) is 1.63. The normalized spacial score (nSPS) is 14.7. The van der Waals surface area contributed by atoms with Gasteiger partial charge >= 0.3 is 5.97 Å². The fraction of sp³-hybridized carbons (Fsp3) is 0.246. The van der Waals surface area contributed by atoms with E-state index >= 15 is 0 Å². The molecule has 0 fully saturated rings. The first-order chi connectivity index (χ1) is 45.9. The van der Waals surface area contributed by atoms with Crippen LogP contribution < -0.4 is 14.2 Å². The number of fused-ring (bicyclic) bond motifs is 7. The summed E-state index contributed by atoms with van der Waals surface area (Å²) < 4.78 is 110. The van der Waals surface area contributed by atoms with Crippen molar-refractivity contribution in [2.75, 3.05) is 93.5 Å². The number of nitrogens with zero attached hydrogens (tertiary/aromatic N) is 4. The van der Waals surface area contributed by atoms with Gasteiger partial charge in [0.05, 0.1) is 133 Å². The number of aromatic carboxylic acids is 1. The lowest BCUT2D eigenvalue weighted by atomic mass is 9.77. The molecule has 4 aromatic heterocycles. The van der Waals surface area contributed by atoms with Crippen LogP contribution >= 0.6 is 22.7 Å². The number of carboxylic acids is 1. The smallest absolute Gasteiger partial charge is 0.339 e. The van der Waals surface area contributed by atoms with E-state index in [0.717, 1.165) is 17.0 Å². The van der Waals surface area contributed by atoms with Crippen molar-refractivity contribution in [3.63, 3.8) is 0 Å². The van der Waals surface area contributed by atoms with E-state index in [1.165, 1.54) is 47.2 Å². The third-order valence-electron chi connectivity index (χ3n) is 15.8. The zero-order chi connectivity index (χ0) is 66.8. The van der Waals surface area contributed by atoms with Crippen molar-refractivity contribution >= 4 is 92.3 Å². The minimum Gasteiger partial charge on any atom is -0.490 e. The Balaban J connectivity index is 1.03. The minimum absolute atomic E-state index is 0.000255. The van der Waals surface area contributed by atoms with E-state index in [1.807, 2.05) is 13.0 Å². The van der Waals surface area contributed by atoms with Crippen LogP contribution in [0, 0.1) is 37.1 Å². The maximum Gasteiger partial charge on any atom is 0.339 e. The summed E-state index contributed by atoms with van der Waals surface area (Å²) in [6.07, 6.45) is 5.49. The highest BCUT2D eigenvalue weighted by molar-refractivity contribution is 7.24. The Kier molecular flexibility index (Phi) is 19.1. The molecule has 1 N–H and O–H groups in total. The molecule has 0 spiro atoms. The number of benzene rings is 5. The lowest BCUT2D eigenvalue weighted by Gasteiger charge is -2.39. The second-order valence-corrected chi connectivity index (χ2v) is 24.1. The monoisotopic (exact) mass is 1330 g/mol. The van der Waals surface area contributed by atoms with E-state index < -0.39 is 69.1 Å². The lowest BCUT2D eigenvalue weighted by Crippen LogP contribution is -2.38. The maximum absolute atomic E-state index is 14.5. The topological polar surface area (TPSA) is 257 Å². The number of methoxy groups -OCH3 is 2. The van der Waals surface area contributed by atoms with Gasteiger partial charge in [-0.25, -0.2) is 32.3 Å². The minimum atomic E-state index is -1.84. The first-order valence-electron chi connectivity index (χ1n) is 29.5. The molecule has 20 nitrogen and oxygen atoms in total. The molecule has 1 aliphatic heterocycles. The Morgan fingerprint density at radius 3 is 1.55 bits per heavy atom. The standard InChI is InChI=1S/C69H54F4N4O16S2/c1-34-21-55-67(94-34)66-48(69(93-55,37-5-7-53(36(22-37)33-78)91-19-17-89-15-13-87-11-9-85-3)38-6-8-54(45(23-38)68(83)84)92-20-18-90-16-14-88-12-10-86-4)30-56(95-66)57-60-59(76-39(32-75-60)24-46-62(79)41-26-49(70)50(71)27-42(41)63(46)80)35(2)58-61(57)77-40(31-74-58)25-47-64(81)43-28-51(72)52(73)29-44(43)65(47)82/h5-8,21-33H,9-20H2,1-4H3,(H,83,84). The summed E-state index contributed by atoms with van der Waals surface area (Å²) >= 11 is 2.65. The van der Waals surface area contributed by atoms with Gasteiger partial charge in [-0.1, -0.05) is 12.1 Å². The van der Waals surface area contributed by atoms with Crippen molar-refractivity contribution in [1.29, 1.82) is 0 Å². The summed E-state index contributed by atoms with van der Waals surface area (Å²) in [6.45, 7) is 6.50. The van der Waals surface area contributed by atoms with Crippen LogP contribution in [-0.2, 0) is 34.0 Å². The molecule has 5 heterocycles. The zero-order valence-corrected chi connectivity index (χ0v) is 52.6. The van der Waals surface area contributed by atoms with E-state index in [4.69, 9.17) is 62.6 Å². The molecule has 0 radical (unpaired) electrons. The number of aromatic nitrogens is 4. The van der Waals surface area contributed by atoms with Gasteiger partial charge in [-0.2, -0.15) is 0 Å². The Morgan fingerprint density at radius 2 is 1.03 bits per heavy atom. The highest BCUT2D eigenvalue weighted by atomic mass is 32.1. The third kappa shape index (κ3) is 12.6. The number of Topliss-reactive ketones (excluding diaryl/α,β-unsaturated/α-hetero) is 4. The van der Waals surface area contributed by atoms with Crippen LogP contribution in [0.1, 0.15) is 101 Å². The van der Waals surface area contributed by atoms with Gasteiger partial charge in [0.15, 0.2) is 58.3 Å². The van der Waals surface area contributed by atoms with Gasteiger partial charge in [0.25, 0.3) is 0 Å². The molecule has 5 aromatic carbocycles. The number of ether oxygens (including phenoxy) is 9. The predicted octanol–water partition coefficient (Wildman–Crippen LogP) is 11.4. The van der Waals surface area contributed by atoms with Gasteiger partial charge < -0.3 is 47.7 Å². The van der Waals surface area contributed by atoms with Gasteiger partial charge in [0.2, 0.25) is 0 Å². The highest BCUT2D eigenvalue weighted by Crippen LogP contribution is 2.59. The van der Waals surface area contributed by atoms with E-state index in [9.17, 15) is 51.4 Å². The molecule has 95 heavy (non-hydrogen) atoms. The van der Waals surface area contributed by atoms with E-state index in [0.29, 0.717) is 107 Å². The van der Waals surface area contributed by atoms with Crippen LogP contribution in [0.5, 0.6) is 17.2 Å². The number of hydrogen-bond acceptors (Lipinski definition) is 21. The van der Waals surface area contributed by atoms with E-state index in [2.05, 4.69) is 0 Å². The van der Waals surface area contributed by atoms with Crippen molar-refractivity contribution in [2.24, 2.45) is 0 Å². The summed E-state index contributed by atoms with van der Waals surface area (Å²) in [5.41, 5.74) is -1.98. The summed E-state index contributed by atoms with van der Waals surface area (Å²) in [7, 11) is 3.13. The number of carboxylic acid groups (broad SMARTS) is 1. The molecular formula is C69H54F4N4O16S2. The van der Waals surface area contributed by atoms with Gasteiger partial charge in [-0.15, -0.1) is 22.7 Å². The van der Waals surface area contributed by atoms with Crippen molar-refractivity contribution in [3.05, 3.63) is 192 Å². The highest BCUT2D eigenvalue weighted by Gasteiger charge is 2.48. The zero-order valence-electron chi connectivity index (χ0n) is 51.0. The number of carbonyl (C=O) groups is 6. The molecule has 1 atom stereocenters. The maximum atomic E-state index is 14.5. The average molecular weight is 1340 g/mol. The van der Waals surface area contributed by atoms with Crippen molar-refractivity contribution in [2.45, 2.75) is 19.4 Å². The molecular weight excluding hydrogens is 1280 g/mol. The number of aldehydes is 1. The summed E-state index contributed by atoms with van der Waals surface area (Å²) in [5, 5.41) is 11.0. The number of carbonyl (C=O) groups excluding carboxylic acids is 5. The number of ketones is 4. The number of aryl methyl sites for hydroxylation is 2. The van der Waals surface area contributed by atoms with Gasteiger partial charge in [-0.05, 0) is 86.7 Å². The van der Waals surface area contributed by atoms with Crippen LogP contribution in [-0.4, -0.2) is 154 Å². The van der Waals surface area contributed by atoms with Crippen molar-refractivity contribution < 1.29 is 94.1 Å². The van der Waals surface area contributed by atoms with Crippen LogP contribution in [0.15, 0.2) is 96.3 Å². The van der Waals surface area contributed by atoms with Gasteiger partial charge in [0, 0.05) is 74.0 Å². The summed E-state index contributed by atoms with van der Waals surface area (Å²) in [4.78, 5) is 104. The molecule has 0 amide bonds. The summed E-state index contributed by atoms with van der Waals surface area (Å²) in [6, 6.07) is 15.7. The Labute approximate surface area is 545 Å². The molecule has 12 rings (SSSR count). The number of thiophene rings is 2. The number of allylic oxidation sites excluding steroid dienone is 2. The summed E-state index contributed by atoms with van der Waals surface area (Å²) in [5.74, 6) is -9.58. The number of rotatable bonds is 27. The molecule has 486 valence electrons. The molecule has 1 unspecified atom stereocenters. The van der Waals surface area contributed by atoms with Gasteiger partial charge in [-0.3, -0.25) is 33.9 Å². The molecule has 3 aliphatic rings.